The van der Waals surface area contributed by atoms with E-state index in [-0.39, 0.29) is 54.7 Å². The SMILES string of the molecule is CCCCCCCCCCCC(=O)OCOc1c2n(cc(C(=O)NCc3ccc(F)cc3F)c1=O)[C@]1(C)CN(C2=O)[C@@H](C)CC[C@]1(C)CC(=N)OC. The summed E-state index contributed by atoms with van der Waals surface area (Å²) in [4.78, 5) is 56.2. The van der Waals surface area contributed by atoms with Gasteiger partial charge in [-0.05, 0) is 39.2 Å². The molecule has 3 atom stereocenters. The largest absolute Gasteiger partial charge is 0.484 e. The van der Waals surface area contributed by atoms with Crippen LogP contribution in [-0.4, -0.2) is 59.6 Å². The van der Waals surface area contributed by atoms with Crippen LogP contribution in [0.1, 0.15) is 138 Å². The van der Waals surface area contributed by atoms with Gasteiger partial charge in [0.15, 0.2) is 11.6 Å². The fourth-order valence-electron chi connectivity index (χ4n) is 7.33. The number of nitrogens with one attached hydrogen (secondary N) is 2. The third kappa shape index (κ3) is 9.19. The number of hydrogen-bond donors (Lipinski definition) is 2. The number of hydrogen-bond acceptors (Lipinski definition) is 8. The number of halogens is 2. The van der Waals surface area contributed by atoms with Crippen molar-refractivity contribution >= 4 is 23.7 Å². The fraction of sp³-hybridized carbons (Fsp3) is 0.615. The van der Waals surface area contributed by atoms with Gasteiger partial charge in [-0.3, -0.25) is 24.6 Å². The second kappa shape index (κ2) is 18.0. The molecule has 2 aliphatic heterocycles. The van der Waals surface area contributed by atoms with Crippen LogP contribution >= 0.6 is 0 Å². The average molecular weight is 729 g/mol. The van der Waals surface area contributed by atoms with Crippen LogP contribution in [0.5, 0.6) is 5.75 Å². The number of carbonyl (C=O) groups is 3. The predicted molar refractivity (Wildman–Crippen MR) is 193 cm³/mol. The summed E-state index contributed by atoms with van der Waals surface area (Å²) in [6.45, 7) is 7.22. The van der Waals surface area contributed by atoms with Gasteiger partial charge in [-0.1, -0.05) is 71.3 Å². The van der Waals surface area contributed by atoms with Gasteiger partial charge in [0.25, 0.3) is 11.8 Å². The maximum absolute atomic E-state index is 14.4. The third-order valence-corrected chi connectivity index (χ3v) is 11.0. The van der Waals surface area contributed by atoms with Crippen LogP contribution in [0.15, 0.2) is 29.2 Å². The minimum atomic E-state index is -0.970. The Hall–Kier alpha value is -4.29. The van der Waals surface area contributed by atoms with Gasteiger partial charge in [0.1, 0.15) is 17.2 Å². The lowest BCUT2D eigenvalue weighted by molar-refractivity contribution is -0.150. The summed E-state index contributed by atoms with van der Waals surface area (Å²) in [5.41, 5.74) is -3.05. The predicted octanol–water partition coefficient (Wildman–Crippen LogP) is 7.23. The number of benzene rings is 1. The summed E-state index contributed by atoms with van der Waals surface area (Å²) in [6, 6.07) is 2.73. The highest BCUT2D eigenvalue weighted by Gasteiger charge is 2.55. The van der Waals surface area contributed by atoms with Gasteiger partial charge in [0, 0.05) is 55.2 Å². The second-order valence-electron chi connectivity index (χ2n) is 14.7. The van der Waals surface area contributed by atoms with E-state index < -0.39 is 58.3 Å². The minimum Gasteiger partial charge on any atom is -0.484 e. The standard InChI is InChI=1S/C39H54F2N4O7/c1-6-7-8-9-10-11-12-13-14-15-32(46)51-25-52-35-33-37(49)44-24-39(4,38(3,19-18-26(44)2)21-31(42)50-5)45(33)23-29(34(35)47)36(48)43-22-27-16-17-28(40)20-30(27)41/h16-17,20,23,26,42H,6-15,18-19,21-22,24-25H2,1-5H3,(H,43,48)/t26-,38+,39+/m0/s1. The molecule has 0 radical (unpaired) electrons. The van der Waals surface area contributed by atoms with Crippen LogP contribution in [0.2, 0.25) is 0 Å². The van der Waals surface area contributed by atoms with E-state index in [0.29, 0.717) is 25.3 Å². The number of carbonyl (C=O) groups excluding carboxylic acids is 3. The Kier molecular flexibility index (Phi) is 14.0. The first kappa shape index (κ1) is 40.5. The third-order valence-electron chi connectivity index (χ3n) is 11.0. The molecule has 4 rings (SSSR count). The lowest BCUT2D eigenvalue weighted by Crippen LogP contribution is -2.60. The summed E-state index contributed by atoms with van der Waals surface area (Å²) in [6.07, 6.45) is 12.7. The molecule has 0 spiro atoms. The molecule has 0 saturated carbocycles. The van der Waals surface area contributed by atoms with Crippen LogP contribution in [0.25, 0.3) is 0 Å². The molecule has 13 heteroatoms. The molecular weight excluding hydrogens is 674 g/mol. The highest BCUT2D eigenvalue weighted by molar-refractivity contribution is 5.99. The Balaban J connectivity index is 1.62. The zero-order chi connectivity index (χ0) is 38.1. The van der Waals surface area contributed by atoms with Crippen LogP contribution in [0.3, 0.4) is 0 Å². The van der Waals surface area contributed by atoms with Gasteiger partial charge >= 0.3 is 5.97 Å². The molecule has 0 aliphatic carbocycles. The van der Waals surface area contributed by atoms with E-state index in [1.54, 1.807) is 9.47 Å². The molecule has 2 amide bonds. The number of rotatable bonds is 18. The molecule has 1 fully saturated rings. The van der Waals surface area contributed by atoms with Crippen molar-refractivity contribution in [1.82, 2.24) is 14.8 Å². The average Bonchev–Trinajstić information content (AvgIpc) is 3.19. The molecule has 2 N–H and O–H groups in total. The van der Waals surface area contributed by atoms with Crippen molar-refractivity contribution in [1.29, 1.82) is 5.41 Å². The molecule has 0 unspecified atom stereocenters. The number of ether oxygens (including phenoxy) is 3. The van der Waals surface area contributed by atoms with Gasteiger partial charge in [0.2, 0.25) is 18.0 Å². The first-order valence-corrected chi connectivity index (χ1v) is 18.5. The lowest BCUT2D eigenvalue weighted by Gasteiger charge is -2.52. The van der Waals surface area contributed by atoms with Crippen molar-refractivity contribution in [3.05, 3.63) is 63.1 Å². The Morgan fingerprint density at radius 1 is 1.04 bits per heavy atom. The van der Waals surface area contributed by atoms with Crippen LogP contribution in [0.4, 0.5) is 8.78 Å². The molecule has 11 nitrogen and oxygen atoms in total. The molecule has 286 valence electrons. The second-order valence-corrected chi connectivity index (χ2v) is 14.7. The maximum Gasteiger partial charge on any atom is 0.308 e. The van der Waals surface area contributed by atoms with E-state index in [1.165, 1.54) is 51.5 Å². The van der Waals surface area contributed by atoms with Crippen LogP contribution in [0, 0.1) is 22.5 Å². The van der Waals surface area contributed by atoms with Crippen molar-refractivity contribution in [2.24, 2.45) is 5.41 Å². The lowest BCUT2D eigenvalue weighted by atomic mass is 9.66. The zero-order valence-corrected chi connectivity index (χ0v) is 31.2. The van der Waals surface area contributed by atoms with Crippen LogP contribution < -0.4 is 15.5 Å². The summed E-state index contributed by atoms with van der Waals surface area (Å²) in [5, 5.41) is 10.9. The number of unbranched alkanes of at least 4 members (excludes halogenated alkanes) is 8. The van der Waals surface area contributed by atoms with E-state index >= 15 is 0 Å². The first-order chi connectivity index (χ1) is 24.8. The molecule has 2 aromatic rings. The number of nitrogens with zero attached hydrogens (tertiary/aromatic N) is 2. The molecular formula is C39H54F2N4O7. The van der Waals surface area contributed by atoms with Gasteiger partial charge in [0.05, 0.1) is 12.6 Å². The molecule has 1 saturated heterocycles. The summed E-state index contributed by atoms with van der Waals surface area (Å²) < 4.78 is 45.9. The highest BCUT2D eigenvalue weighted by atomic mass is 19.1. The zero-order valence-electron chi connectivity index (χ0n) is 31.2. The number of amides is 2. The van der Waals surface area contributed by atoms with Crippen LogP contribution in [-0.2, 0) is 26.4 Å². The number of aromatic nitrogens is 1. The Labute approximate surface area is 304 Å². The van der Waals surface area contributed by atoms with E-state index in [4.69, 9.17) is 19.6 Å². The smallest absolute Gasteiger partial charge is 0.308 e. The highest BCUT2D eigenvalue weighted by Crippen LogP contribution is 2.51. The molecule has 2 aliphatic rings. The Bertz CT molecular complexity index is 1680. The maximum atomic E-state index is 14.4. The first-order valence-electron chi connectivity index (χ1n) is 18.5. The van der Waals surface area contributed by atoms with Gasteiger partial charge in [-0.25, -0.2) is 8.78 Å². The van der Waals surface area contributed by atoms with Gasteiger partial charge in [-0.2, -0.15) is 0 Å². The number of pyridine rings is 1. The van der Waals surface area contributed by atoms with E-state index in [0.717, 1.165) is 25.3 Å². The minimum absolute atomic E-state index is 0.00404. The Morgan fingerprint density at radius 2 is 1.71 bits per heavy atom. The van der Waals surface area contributed by atoms with Gasteiger partial charge < -0.3 is 29.0 Å². The summed E-state index contributed by atoms with van der Waals surface area (Å²) in [7, 11) is 1.42. The Morgan fingerprint density at radius 3 is 2.37 bits per heavy atom. The normalized spacial score (nSPS) is 20.9. The van der Waals surface area contributed by atoms with E-state index in [2.05, 4.69) is 12.2 Å². The topological polar surface area (TPSA) is 140 Å². The summed E-state index contributed by atoms with van der Waals surface area (Å²) >= 11 is 0. The number of methoxy groups -OCH3 is 1. The number of fused-ring (bicyclic) bond motifs is 4. The molecule has 1 aromatic carbocycles. The van der Waals surface area contributed by atoms with Crippen molar-refractivity contribution < 1.29 is 37.4 Å². The van der Waals surface area contributed by atoms with Crippen molar-refractivity contribution in [3.63, 3.8) is 0 Å². The van der Waals surface area contributed by atoms with E-state index in [1.807, 2.05) is 20.8 Å². The molecule has 52 heavy (non-hydrogen) atoms. The molecule has 2 bridgehead atoms. The van der Waals surface area contributed by atoms with Gasteiger partial charge in [-0.15, -0.1) is 0 Å². The van der Waals surface area contributed by atoms with Crippen molar-refractivity contribution in [2.75, 3.05) is 20.4 Å². The summed E-state index contributed by atoms with van der Waals surface area (Å²) in [5.74, 6) is -3.91. The quantitative estimate of drug-likeness (QED) is 0.0543. The van der Waals surface area contributed by atoms with E-state index in [9.17, 15) is 28.0 Å². The number of esters is 1. The van der Waals surface area contributed by atoms with Crippen molar-refractivity contribution in [3.8, 4) is 5.75 Å². The monoisotopic (exact) mass is 728 g/mol. The fourth-order valence-corrected chi connectivity index (χ4v) is 7.33. The molecule has 1 aromatic heterocycles. The van der Waals surface area contributed by atoms with Crippen molar-refractivity contribution in [2.45, 2.75) is 129 Å². The molecule has 3 heterocycles.